The van der Waals surface area contributed by atoms with Gasteiger partial charge in [-0.25, -0.2) is 0 Å². The quantitative estimate of drug-likeness (QED) is 0.520. The molecular weight excluding hydrogens is 320 g/mol. The summed E-state index contributed by atoms with van der Waals surface area (Å²) in [5.41, 5.74) is 7.15. The molecule has 0 unspecified atom stereocenters. The van der Waals surface area contributed by atoms with Gasteiger partial charge in [0, 0.05) is 0 Å². The van der Waals surface area contributed by atoms with Gasteiger partial charge in [-0.05, 0) is 46.3 Å². The summed E-state index contributed by atoms with van der Waals surface area (Å²) in [4.78, 5) is 0. The van der Waals surface area contributed by atoms with Crippen molar-refractivity contribution < 1.29 is 9.47 Å². The Hall–Kier alpha value is -2.42. The number of rotatable bonds is 10. The Morgan fingerprint density at radius 1 is 0.577 bits per heavy atom. The minimum Gasteiger partial charge on any atom is -0.376 e. The van der Waals surface area contributed by atoms with Gasteiger partial charge in [-0.3, -0.25) is 0 Å². The zero-order valence-corrected chi connectivity index (χ0v) is 15.2. The van der Waals surface area contributed by atoms with Crippen LogP contribution in [0.15, 0.2) is 96.1 Å². The van der Waals surface area contributed by atoms with E-state index in [0.29, 0.717) is 26.4 Å². The predicted molar refractivity (Wildman–Crippen MR) is 107 cm³/mol. The molecule has 0 fully saturated rings. The molecule has 26 heavy (non-hydrogen) atoms. The van der Waals surface area contributed by atoms with Crippen LogP contribution in [0.2, 0.25) is 0 Å². The molecular formula is C24H26O2. The first-order valence-corrected chi connectivity index (χ1v) is 9.10. The lowest BCUT2D eigenvalue weighted by atomic mass is 9.76. The topological polar surface area (TPSA) is 18.5 Å². The van der Waals surface area contributed by atoms with E-state index in [0.717, 1.165) is 24.0 Å². The van der Waals surface area contributed by atoms with Crippen LogP contribution in [0.4, 0.5) is 0 Å². The van der Waals surface area contributed by atoms with Crippen LogP contribution in [0.3, 0.4) is 0 Å². The van der Waals surface area contributed by atoms with Gasteiger partial charge in [0.1, 0.15) is 0 Å². The van der Waals surface area contributed by atoms with Gasteiger partial charge >= 0.3 is 0 Å². The molecule has 0 aliphatic heterocycles. The Bertz CT molecular complexity index is 705. The number of ether oxygens (including phenoxy) is 2. The molecule has 0 heterocycles. The first-order chi connectivity index (χ1) is 12.8. The third-order valence-corrected chi connectivity index (χ3v) is 4.67. The molecule has 0 saturated heterocycles. The third kappa shape index (κ3) is 4.81. The van der Waals surface area contributed by atoms with Crippen LogP contribution >= 0.6 is 0 Å². The van der Waals surface area contributed by atoms with Crippen molar-refractivity contribution in [3.05, 3.63) is 107 Å². The molecule has 1 aliphatic rings. The molecule has 134 valence electrons. The fourth-order valence-corrected chi connectivity index (χ4v) is 3.15. The summed E-state index contributed by atoms with van der Waals surface area (Å²) in [5.74, 6) is 0. The molecule has 0 saturated carbocycles. The summed E-state index contributed by atoms with van der Waals surface area (Å²) in [6, 6.07) is 20.5. The van der Waals surface area contributed by atoms with Crippen LogP contribution in [0.1, 0.15) is 24.0 Å². The maximum Gasteiger partial charge on any atom is 0.0717 e. The Balaban J connectivity index is 1.41. The summed E-state index contributed by atoms with van der Waals surface area (Å²) in [6.45, 7) is 11.0. The summed E-state index contributed by atoms with van der Waals surface area (Å²) in [7, 11) is 0. The molecule has 0 aromatic heterocycles. The van der Waals surface area contributed by atoms with Crippen LogP contribution in [0.5, 0.6) is 0 Å². The van der Waals surface area contributed by atoms with Gasteiger partial charge in [-0.15, -0.1) is 0 Å². The highest BCUT2D eigenvalue weighted by molar-refractivity contribution is 5.67. The van der Waals surface area contributed by atoms with Gasteiger partial charge in [0.05, 0.1) is 26.4 Å². The van der Waals surface area contributed by atoms with Crippen molar-refractivity contribution in [1.82, 2.24) is 0 Å². The van der Waals surface area contributed by atoms with Gasteiger partial charge in [0.25, 0.3) is 0 Å². The Morgan fingerprint density at radius 3 is 1.35 bits per heavy atom. The van der Waals surface area contributed by atoms with Crippen molar-refractivity contribution in [2.24, 2.45) is 0 Å². The molecule has 0 spiro atoms. The average molecular weight is 346 g/mol. The number of hydrogen-bond donors (Lipinski definition) is 0. The van der Waals surface area contributed by atoms with Crippen molar-refractivity contribution >= 4 is 0 Å². The molecule has 3 rings (SSSR count). The van der Waals surface area contributed by atoms with Crippen molar-refractivity contribution in [2.45, 2.75) is 26.1 Å². The highest BCUT2D eigenvalue weighted by Gasteiger charge is 2.25. The SMILES string of the molecule is C=C1C(=C)C(CCOCc2ccccc2)=C1CCOCc1ccccc1. The predicted octanol–water partition coefficient (Wildman–Crippen LogP) is 5.62. The maximum atomic E-state index is 5.81. The number of hydrogen-bond acceptors (Lipinski definition) is 2. The van der Waals surface area contributed by atoms with E-state index < -0.39 is 0 Å². The third-order valence-electron chi connectivity index (χ3n) is 4.67. The lowest BCUT2D eigenvalue weighted by Gasteiger charge is -2.29. The molecule has 0 amide bonds. The second-order valence-electron chi connectivity index (χ2n) is 6.49. The highest BCUT2D eigenvalue weighted by Crippen LogP contribution is 2.41. The lowest BCUT2D eigenvalue weighted by Crippen LogP contribution is -2.15. The minimum atomic E-state index is 0.650. The molecule has 2 nitrogen and oxygen atoms in total. The molecule has 1 aliphatic carbocycles. The van der Waals surface area contributed by atoms with E-state index in [1.165, 1.54) is 22.3 Å². The molecule has 0 bridgehead atoms. The minimum absolute atomic E-state index is 0.650. The normalized spacial score (nSPS) is 13.8. The zero-order valence-electron chi connectivity index (χ0n) is 15.2. The molecule has 2 aromatic carbocycles. The number of allylic oxidation sites excluding steroid dienone is 2. The summed E-state index contributed by atoms with van der Waals surface area (Å²) in [5, 5.41) is 0. The van der Waals surface area contributed by atoms with Crippen LogP contribution in [-0.2, 0) is 22.7 Å². The first kappa shape index (κ1) is 18.4. The van der Waals surface area contributed by atoms with E-state index in [2.05, 4.69) is 37.4 Å². The van der Waals surface area contributed by atoms with Crippen LogP contribution < -0.4 is 0 Å². The average Bonchev–Trinajstić information content (AvgIpc) is 2.70. The van der Waals surface area contributed by atoms with Crippen molar-refractivity contribution in [2.75, 3.05) is 13.2 Å². The van der Waals surface area contributed by atoms with E-state index in [4.69, 9.17) is 9.47 Å². The van der Waals surface area contributed by atoms with Crippen molar-refractivity contribution in [3.8, 4) is 0 Å². The zero-order chi connectivity index (χ0) is 18.2. The van der Waals surface area contributed by atoms with Crippen LogP contribution in [-0.4, -0.2) is 13.2 Å². The molecule has 2 heteroatoms. The fourth-order valence-electron chi connectivity index (χ4n) is 3.15. The Labute approximate surface area is 156 Å². The van der Waals surface area contributed by atoms with Gasteiger partial charge in [-0.2, -0.15) is 0 Å². The van der Waals surface area contributed by atoms with Crippen molar-refractivity contribution in [1.29, 1.82) is 0 Å². The van der Waals surface area contributed by atoms with Crippen LogP contribution in [0.25, 0.3) is 0 Å². The second-order valence-corrected chi connectivity index (χ2v) is 6.49. The van der Waals surface area contributed by atoms with Gasteiger partial charge < -0.3 is 9.47 Å². The van der Waals surface area contributed by atoms with Gasteiger partial charge in [0.2, 0.25) is 0 Å². The van der Waals surface area contributed by atoms with Crippen molar-refractivity contribution in [3.63, 3.8) is 0 Å². The fraction of sp³-hybridized carbons (Fsp3) is 0.250. The highest BCUT2D eigenvalue weighted by atomic mass is 16.5. The van der Waals surface area contributed by atoms with E-state index in [1.54, 1.807) is 0 Å². The lowest BCUT2D eigenvalue weighted by molar-refractivity contribution is 0.120. The molecule has 0 atom stereocenters. The molecule has 0 N–H and O–H groups in total. The Kier molecular flexibility index (Phi) is 6.59. The van der Waals surface area contributed by atoms with E-state index >= 15 is 0 Å². The van der Waals surface area contributed by atoms with E-state index in [9.17, 15) is 0 Å². The van der Waals surface area contributed by atoms with Gasteiger partial charge in [0.15, 0.2) is 0 Å². The standard InChI is InChI=1S/C24H26O2/c1-19-20(2)24(14-16-26-18-22-11-7-4-8-12-22)23(19)13-15-25-17-21-9-5-3-6-10-21/h3-12H,1-2,13-18H2. The van der Waals surface area contributed by atoms with Crippen LogP contribution in [0, 0.1) is 0 Å². The largest absolute Gasteiger partial charge is 0.376 e. The van der Waals surface area contributed by atoms with Gasteiger partial charge in [-0.1, -0.05) is 73.8 Å². The second kappa shape index (κ2) is 9.33. The first-order valence-electron chi connectivity index (χ1n) is 9.10. The van der Waals surface area contributed by atoms with E-state index in [1.807, 2.05) is 36.4 Å². The van der Waals surface area contributed by atoms with E-state index in [-0.39, 0.29) is 0 Å². The smallest absolute Gasteiger partial charge is 0.0717 e. The summed E-state index contributed by atoms with van der Waals surface area (Å²) >= 11 is 0. The summed E-state index contributed by atoms with van der Waals surface area (Å²) < 4.78 is 11.6. The molecule has 0 radical (unpaired) electrons. The molecule has 2 aromatic rings. The monoisotopic (exact) mass is 346 g/mol. The Morgan fingerprint density at radius 2 is 0.962 bits per heavy atom. The number of benzene rings is 2. The maximum absolute atomic E-state index is 5.81. The summed E-state index contributed by atoms with van der Waals surface area (Å²) in [6.07, 6.45) is 1.78.